The summed E-state index contributed by atoms with van der Waals surface area (Å²) in [5, 5.41) is 2.97. The molecule has 150 valence electrons. The van der Waals surface area contributed by atoms with E-state index >= 15 is 0 Å². The number of hydrogen-bond donors (Lipinski definition) is 1. The van der Waals surface area contributed by atoms with Gasteiger partial charge in [0.1, 0.15) is 0 Å². The van der Waals surface area contributed by atoms with Crippen LogP contribution in [0.25, 0.3) is 0 Å². The van der Waals surface area contributed by atoms with Gasteiger partial charge in [0.15, 0.2) is 0 Å². The second kappa shape index (κ2) is 9.06. The zero-order valence-electron chi connectivity index (χ0n) is 16.2. The minimum atomic E-state index is -3.21. The number of sulfonamides is 1. The van der Waals surface area contributed by atoms with Crippen LogP contribution in [0.2, 0.25) is 0 Å². The first-order valence-corrected chi connectivity index (χ1v) is 11.7. The molecule has 2 heterocycles. The Kier molecular flexibility index (Phi) is 6.76. The van der Waals surface area contributed by atoms with Crippen molar-refractivity contribution in [2.75, 3.05) is 42.8 Å². The summed E-state index contributed by atoms with van der Waals surface area (Å²) in [5.74, 6) is 0.871. The number of carbonyl (C=O) groups is 1. The van der Waals surface area contributed by atoms with E-state index in [0.717, 1.165) is 38.3 Å². The first kappa shape index (κ1) is 20.1. The monoisotopic (exact) mass is 393 g/mol. The molecule has 27 heavy (non-hydrogen) atoms. The van der Waals surface area contributed by atoms with Crippen molar-refractivity contribution < 1.29 is 13.2 Å². The molecule has 1 aromatic carbocycles. The summed E-state index contributed by atoms with van der Waals surface area (Å²) >= 11 is 0. The lowest BCUT2D eigenvalue weighted by Gasteiger charge is -2.30. The highest BCUT2D eigenvalue weighted by atomic mass is 32.2. The number of piperidine rings is 1. The molecule has 3 rings (SSSR count). The van der Waals surface area contributed by atoms with Crippen LogP contribution in [0, 0.1) is 5.92 Å². The minimum Gasteiger partial charge on any atom is -0.352 e. The Hall–Kier alpha value is -1.60. The van der Waals surface area contributed by atoms with E-state index in [4.69, 9.17) is 0 Å². The van der Waals surface area contributed by atoms with Gasteiger partial charge in [0.25, 0.3) is 5.91 Å². The van der Waals surface area contributed by atoms with E-state index < -0.39 is 10.0 Å². The topological polar surface area (TPSA) is 69.7 Å². The highest BCUT2D eigenvalue weighted by molar-refractivity contribution is 7.92. The molecule has 1 amide bonds. The molecule has 0 aliphatic carbocycles. The Bertz CT molecular complexity index is 733. The quantitative estimate of drug-likeness (QED) is 0.754. The molecule has 0 saturated carbocycles. The average Bonchev–Trinajstić information content (AvgIpc) is 2.65. The van der Waals surface area contributed by atoms with E-state index in [-0.39, 0.29) is 11.7 Å². The number of hydrogen-bond acceptors (Lipinski definition) is 4. The van der Waals surface area contributed by atoms with Crippen LogP contribution in [0.3, 0.4) is 0 Å². The summed E-state index contributed by atoms with van der Waals surface area (Å²) in [4.78, 5) is 14.8. The molecule has 2 saturated heterocycles. The summed E-state index contributed by atoms with van der Waals surface area (Å²) in [6.07, 6.45) is 5.13. The maximum Gasteiger partial charge on any atom is 0.251 e. The van der Waals surface area contributed by atoms with Crippen LogP contribution in [-0.2, 0) is 10.0 Å². The highest BCUT2D eigenvalue weighted by Crippen LogP contribution is 2.23. The Balaban J connectivity index is 1.46. The number of likely N-dealkylation sites (tertiary alicyclic amines) is 1. The van der Waals surface area contributed by atoms with Gasteiger partial charge in [-0.25, -0.2) is 8.42 Å². The van der Waals surface area contributed by atoms with Gasteiger partial charge in [-0.2, -0.15) is 0 Å². The first-order valence-electron chi connectivity index (χ1n) is 10.1. The molecule has 0 aromatic heterocycles. The highest BCUT2D eigenvalue weighted by Gasteiger charge is 2.26. The summed E-state index contributed by atoms with van der Waals surface area (Å²) in [6.45, 7) is 6.83. The van der Waals surface area contributed by atoms with Crippen LogP contribution in [0.5, 0.6) is 0 Å². The molecule has 0 bridgehead atoms. The predicted octanol–water partition coefficient (Wildman–Crippen LogP) is 2.47. The van der Waals surface area contributed by atoms with Gasteiger partial charge in [-0.05, 0) is 75.4 Å². The summed E-state index contributed by atoms with van der Waals surface area (Å²) in [7, 11) is -3.21. The van der Waals surface area contributed by atoms with Crippen molar-refractivity contribution in [1.82, 2.24) is 10.2 Å². The van der Waals surface area contributed by atoms with Crippen LogP contribution in [0.15, 0.2) is 24.3 Å². The lowest BCUT2D eigenvalue weighted by atomic mass is 10.0. The zero-order chi connectivity index (χ0) is 19.3. The molecule has 2 fully saturated rings. The van der Waals surface area contributed by atoms with Gasteiger partial charge in [0.2, 0.25) is 10.0 Å². The van der Waals surface area contributed by atoms with E-state index in [1.54, 1.807) is 24.3 Å². The number of anilines is 1. The normalized spacial score (nSPS) is 23.1. The minimum absolute atomic E-state index is 0.102. The predicted molar refractivity (Wildman–Crippen MR) is 109 cm³/mol. The lowest BCUT2D eigenvalue weighted by Crippen LogP contribution is -2.37. The SMILES string of the molecule is CC1CCCN(CCCNC(=O)c2ccc(N3CCCCS3(=O)=O)cc2)C1. The number of nitrogens with one attached hydrogen (secondary N) is 1. The lowest BCUT2D eigenvalue weighted by molar-refractivity contribution is 0.0950. The number of benzene rings is 1. The van der Waals surface area contributed by atoms with Crippen molar-refractivity contribution in [2.45, 2.75) is 39.0 Å². The maximum absolute atomic E-state index is 12.3. The Morgan fingerprint density at radius 2 is 1.93 bits per heavy atom. The fourth-order valence-corrected chi connectivity index (χ4v) is 5.59. The van der Waals surface area contributed by atoms with Crippen molar-refractivity contribution >= 4 is 21.6 Å². The molecule has 2 aliphatic heterocycles. The van der Waals surface area contributed by atoms with Crippen LogP contribution in [-0.4, -0.2) is 57.7 Å². The summed E-state index contributed by atoms with van der Waals surface area (Å²) in [6, 6.07) is 6.88. The first-order chi connectivity index (χ1) is 13.0. The van der Waals surface area contributed by atoms with Crippen LogP contribution in [0.4, 0.5) is 5.69 Å². The Morgan fingerprint density at radius 1 is 1.15 bits per heavy atom. The van der Waals surface area contributed by atoms with E-state index in [1.165, 1.54) is 23.7 Å². The van der Waals surface area contributed by atoms with Gasteiger partial charge >= 0.3 is 0 Å². The molecule has 1 unspecified atom stereocenters. The molecule has 0 radical (unpaired) electrons. The fraction of sp³-hybridized carbons (Fsp3) is 0.650. The van der Waals surface area contributed by atoms with Crippen molar-refractivity contribution in [2.24, 2.45) is 5.92 Å². The molecular formula is C20H31N3O3S. The molecular weight excluding hydrogens is 362 g/mol. The third kappa shape index (κ3) is 5.45. The van der Waals surface area contributed by atoms with Crippen molar-refractivity contribution in [3.8, 4) is 0 Å². The molecule has 0 spiro atoms. The molecule has 6 nitrogen and oxygen atoms in total. The second-order valence-electron chi connectivity index (χ2n) is 7.80. The van der Waals surface area contributed by atoms with Gasteiger partial charge in [-0.1, -0.05) is 6.92 Å². The van der Waals surface area contributed by atoms with Gasteiger partial charge in [0.05, 0.1) is 11.4 Å². The number of carbonyl (C=O) groups excluding carboxylic acids is 1. The standard InChI is InChI=1S/C20H31N3O3S/c1-17-6-4-12-22(16-17)13-5-11-21-20(24)18-7-9-19(10-8-18)23-14-2-3-15-27(23,25)26/h7-10,17H,2-6,11-16H2,1H3,(H,21,24). The molecule has 1 aromatic rings. The fourth-order valence-electron chi connectivity index (χ4n) is 3.95. The third-order valence-corrected chi connectivity index (χ3v) is 7.31. The van der Waals surface area contributed by atoms with Crippen LogP contribution >= 0.6 is 0 Å². The van der Waals surface area contributed by atoms with Crippen molar-refractivity contribution in [3.05, 3.63) is 29.8 Å². The van der Waals surface area contributed by atoms with E-state index in [0.29, 0.717) is 24.3 Å². The maximum atomic E-state index is 12.3. The average molecular weight is 394 g/mol. The molecule has 1 N–H and O–H groups in total. The van der Waals surface area contributed by atoms with E-state index in [1.807, 2.05) is 0 Å². The van der Waals surface area contributed by atoms with Crippen molar-refractivity contribution in [1.29, 1.82) is 0 Å². The zero-order valence-corrected chi connectivity index (χ0v) is 17.0. The Labute approximate surface area is 163 Å². The van der Waals surface area contributed by atoms with Crippen LogP contribution < -0.4 is 9.62 Å². The largest absolute Gasteiger partial charge is 0.352 e. The molecule has 1 atom stereocenters. The third-order valence-electron chi connectivity index (χ3n) is 5.44. The number of rotatable bonds is 6. The summed E-state index contributed by atoms with van der Waals surface area (Å²) < 4.78 is 25.8. The Morgan fingerprint density at radius 3 is 2.63 bits per heavy atom. The number of nitrogens with zero attached hydrogens (tertiary/aromatic N) is 2. The van der Waals surface area contributed by atoms with Gasteiger partial charge in [-0.15, -0.1) is 0 Å². The smallest absolute Gasteiger partial charge is 0.251 e. The second-order valence-corrected chi connectivity index (χ2v) is 9.81. The number of amides is 1. The van der Waals surface area contributed by atoms with Gasteiger partial charge in [-0.3, -0.25) is 9.10 Å². The molecule has 7 heteroatoms. The summed E-state index contributed by atoms with van der Waals surface area (Å²) in [5.41, 5.74) is 1.21. The van der Waals surface area contributed by atoms with Crippen molar-refractivity contribution in [3.63, 3.8) is 0 Å². The van der Waals surface area contributed by atoms with Gasteiger partial charge in [0, 0.05) is 25.2 Å². The van der Waals surface area contributed by atoms with Gasteiger partial charge < -0.3 is 10.2 Å². The van der Waals surface area contributed by atoms with E-state index in [2.05, 4.69) is 17.1 Å². The molecule has 2 aliphatic rings. The van der Waals surface area contributed by atoms with Crippen LogP contribution in [0.1, 0.15) is 49.4 Å². The van der Waals surface area contributed by atoms with E-state index in [9.17, 15) is 13.2 Å².